The molecule has 7 unspecified atom stereocenters. The summed E-state index contributed by atoms with van der Waals surface area (Å²) in [5.74, 6) is 2.43. The molecule has 2 aromatic carbocycles. The topological polar surface area (TPSA) is 60.9 Å². The van der Waals surface area contributed by atoms with Gasteiger partial charge in [-0.05, 0) is 110 Å². The molecule has 0 spiro atoms. The molecule has 3 aliphatic carbocycles. The minimum absolute atomic E-state index is 0.0802. The number of fused-ring (bicyclic) bond motifs is 6. The summed E-state index contributed by atoms with van der Waals surface area (Å²) in [5, 5.41) is 13.2. The molecule has 0 aromatic heterocycles. The third-order valence-corrected chi connectivity index (χ3v) is 11.9. The fourth-order valence-corrected chi connectivity index (χ4v) is 10.1. The van der Waals surface area contributed by atoms with Gasteiger partial charge >= 0.3 is 0 Å². The van der Waals surface area contributed by atoms with Crippen LogP contribution in [-0.4, -0.2) is 59.0 Å². The van der Waals surface area contributed by atoms with Crippen LogP contribution >= 0.6 is 0 Å². The van der Waals surface area contributed by atoms with Crippen LogP contribution in [0, 0.1) is 47.3 Å². The van der Waals surface area contributed by atoms with Gasteiger partial charge < -0.3 is 10.0 Å². The molecular formula is C34H44N2O3. The molecule has 208 valence electrons. The second-order valence-electron chi connectivity index (χ2n) is 13.7. The lowest BCUT2D eigenvalue weighted by Crippen LogP contribution is -2.41. The Kier molecular flexibility index (Phi) is 6.59. The van der Waals surface area contributed by atoms with Crippen LogP contribution in [0.5, 0.6) is 0 Å². The lowest BCUT2D eigenvalue weighted by Gasteiger charge is -2.36. The van der Waals surface area contributed by atoms with E-state index in [0.29, 0.717) is 30.2 Å². The Morgan fingerprint density at radius 3 is 2.28 bits per heavy atom. The molecule has 2 aromatic rings. The smallest absolute Gasteiger partial charge is 0.233 e. The quantitative estimate of drug-likeness (QED) is 0.516. The Balaban J connectivity index is 0.981. The molecule has 7 rings (SSSR count). The van der Waals surface area contributed by atoms with Gasteiger partial charge in [-0.2, -0.15) is 0 Å². The SMILES string of the molecule is CC(O)C1C(C)C2CC1C1C(=O)N(C[C@H]3CCC[C@@H]3CN3CCC(c4cccc5ccccc45)CC3)C(=O)C21. The highest BCUT2D eigenvalue weighted by molar-refractivity contribution is 6.06. The van der Waals surface area contributed by atoms with Crippen LogP contribution in [-0.2, 0) is 9.59 Å². The van der Waals surface area contributed by atoms with E-state index in [1.807, 2.05) is 6.92 Å². The lowest BCUT2D eigenvalue weighted by atomic mass is 9.68. The highest BCUT2D eigenvalue weighted by Gasteiger charge is 2.66. The molecule has 2 bridgehead atoms. The predicted molar refractivity (Wildman–Crippen MR) is 153 cm³/mol. The third kappa shape index (κ3) is 4.18. The minimum atomic E-state index is -0.406. The maximum absolute atomic E-state index is 13.6. The lowest BCUT2D eigenvalue weighted by molar-refractivity contribution is -0.141. The molecule has 2 heterocycles. The predicted octanol–water partition coefficient (Wildman–Crippen LogP) is 5.32. The van der Waals surface area contributed by atoms with Crippen LogP contribution < -0.4 is 0 Å². The second kappa shape index (κ2) is 9.99. The minimum Gasteiger partial charge on any atom is -0.393 e. The van der Waals surface area contributed by atoms with Crippen molar-refractivity contribution in [2.24, 2.45) is 47.3 Å². The van der Waals surface area contributed by atoms with Crippen LogP contribution in [0.2, 0.25) is 0 Å². The largest absolute Gasteiger partial charge is 0.393 e. The first kappa shape index (κ1) is 25.7. The van der Waals surface area contributed by atoms with Crippen LogP contribution in [0.4, 0.5) is 0 Å². The number of nitrogens with zero attached hydrogens (tertiary/aromatic N) is 2. The summed E-state index contributed by atoms with van der Waals surface area (Å²) < 4.78 is 0. The van der Waals surface area contributed by atoms with Gasteiger partial charge in [0, 0.05) is 13.1 Å². The summed E-state index contributed by atoms with van der Waals surface area (Å²) in [6, 6.07) is 15.5. The van der Waals surface area contributed by atoms with E-state index in [9.17, 15) is 14.7 Å². The van der Waals surface area contributed by atoms with Crippen molar-refractivity contribution in [1.29, 1.82) is 0 Å². The van der Waals surface area contributed by atoms with Crippen molar-refractivity contribution in [2.45, 2.75) is 64.4 Å². The first-order chi connectivity index (χ1) is 18.9. The van der Waals surface area contributed by atoms with E-state index >= 15 is 0 Å². The molecule has 2 saturated heterocycles. The van der Waals surface area contributed by atoms with E-state index in [1.165, 1.54) is 42.0 Å². The Hall–Kier alpha value is -2.24. The normalized spacial score (nSPS) is 37.8. The molecule has 5 aliphatic rings. The molecule has 5 fully saturated rings. The first-order valence-corrected chi connectivity index (χ1v) is 15.7. The van der Waals surface area contributed by atoms with Crippen LogP contribution in [0.15, 0.2) is 42.5 Å². The first-order valence-electron chi connectivity index (χ1n) is 15.7. The van der Waals surface area contributed by atoms with E-state index < -0.39 is 6.10 Å². The maximum atomic E-state index is 13.6. The molecule has 2 aliphatic heterocycles. The summed E-state index contributed by atoms with van der Waals surface area (Å²) in [6.45, 7) is 8.03. The van der Waals surface area contributed by atoms with Crippen molar-refractivity contribution in [3.05, 3.63) is 48.0 Å². The Morgan fingerprint density at radius 2 is 1.54 bits per heavy atom. The Bertz CT molecular complexity index is 1240. The van der Waals surface area contributed by atoms with Crippen LogP contribution in [0.3, 0.4) is 0 Å². The summed E-state index contributed by atoms with van der Waals surface area (Å²) in [4.78, 5) is 31.6. The van der Waals surface area contributed by atoms with E-state index in [2.05, 4.69) is 54.3 Å². The van der Waals surface area contributed by atoms with E-state index in [4.69, 9.17) is 0 Å². The number of carbonyl (C=O) groups is 2. The molecule has 39 heavy (non-hydrogen) atoms. The highest BCUT2D eigenvalue weighted by atomic mass is 16.3. The molecule has 0 radical (unpaired) electrons. The molecule has 5 nitrogen and oxygen atoms in total. The number of rotatable bonds is 6. The van der Waals surface area contributed by atoms with Gasteiger partial charge in [-0.25, -0.2) is 0 Å². The zero-order valence-corrected chi connectivity index (χ0v) is 23.5. The fraction of sp³-hybridized carbons (Fsp3) is 0.647. The van der Waals surface area contributed by atoms with Gasteiger partial charge in [0.25, 0.3) is 0 Å². The second-order valence-corrected chi connectivity index (χ2v) is 13.7. The number of amides is 2. The highest BCUT2D eigenvalue weighted by Crippen LogP contribution is 2.62. The van der Waals surface area contributed by atoms with E-state index in [-0.39, 0.29) is 41.4 Å². The van der Waals surface area contributed by atoms with Crippen LogP contribution in [0.25, 0.3) is 10.8 Å². The standard InChI is InChI=1S/C34H44N2O3/c1-20-28-17-29(30(20)21(2)37)32-31(28)33(38)36(34(32)39)19-25-10-5-9-24(25)18-35-15-13-23(14-16-35)27-12-6-8-22-7-3-4-11-26(22)27/h3-4,6-8,11-12,20-21,23-25,28-32,37H,5,9-10,13-19H2,1-2H3/t20?,21?,24-,25-,28?,29?,30?,31?,32?/m1/s1. The van der Waals surface area contributed by atoms with Crippen molar-refractivity contribution in [1.82, 2.24) is 9.80 Å². The van der Waals surface area contributed by atoms with Gasteiger partial charge in [-0.1, -0.05) is 55.8 Å². The van der Waals surface area contributed by atoms with Crippen molar-refractivity contribution in [2.75, 3.05) is 26.2 Å². The summed E-state index contributed by atoms with van der Waals surface area (Å²) in [5.41, 5.74) is 1.50. The van der Waals surface area contributed by atoms with Gasteiger partial charge in [-0.15, -0.1) is 0 Å². The Morgan fingerprint density at radius 1 is 0.872 bits per heavy atom. The number of aliphatic hydroxyl groups is 1. The van der Waals surface area contributed by atoms with Crippen molar-refractivity contribution in [3.63, 3.8) is 0 Å². The van der Waals surface area contributed by atoms with Gasteiger partial charge in [0.1, 0.15) is 0 Å². The van der Waals surface area contributed by atoms with Gasteiger partial charge in [0.05, 0.1) is 17.9 Å². The number of hydrogen-bond acceptors (Lipinski definition) is 4. The number of hydrogen-bond donors (Lipinski definition) is 1. The number of benzene rings is 2. The average Bonchev–Trinajstić information content (AvgIpc) is 3.68. The zero-order valence-electron chi connectivity index (χ0n) is 23.5. The molecular weight excluding hydrogens is 484 g/mol. The Labute approximate surface area is 232 Å². The number of carbonyl (C=O) groups excluding carboxylic acids is 2. The summed E-state index contributed by atoms with van der Waals surface area (Å²) in [7, 11) is 0. The monoisotopic (exact) mass is 528 g/mol. The summed E-state index contributed by atoms with van der Waals surface area (Å²) >= 11 is 0. The molecule has 5 heteroatoms. The number of piperidine rings is 1. The van der Waals surface area contributed by atoms with Crippen LogP contribution in [0.1, 0.15) is 63.9 Å². The molecule has 2 amide bonds. The molecule has 9 atom stereocenters. The van der Waals surface area contributed by atoms with E-state index in [1.54, 1.807) is 4.90 Å². The summed E-state index contributed by atoms with van der Waals surface area (Å²) in [6.07, 6.45) is 6.48. The van der Waals surface area contributed by atoms with Gasteiger partial charge in [0.15, 0.2) is 0 Å². The van der Waals surface area contributed by atoms with Crippen molar-refractivity contribution >= 4 is 22.6 Å². The number of aliphatic hydroxyl groups excluding tert-OH is 1. The third-order valence-electron chi connectivity index (χ3n) is 11.9. The van der Waals surface area contributed by atoms with Gasteiger partial charge in [-0.3, -0.25) is 14.5 Å². The number of imide groups is 1. The average molecular weight is 529 g/mol. The fourth-order valence-electron chi connectivity index (χ4n) is 10.1. The van der Waals surface area contributed by atoms with E-state index in [0.717, 1.165) is 32.5 Å². The zero-order chi connectivity index (χ0) is 26.8. The maximum Gasteiger partial charge on any atom is 0.233 e. The molecule has 1 N–H and O–H groups in total. The van der Waals surface area contributed by atoms with Crippen molar-refractivity contribution < 1.29 is 14.7 Å². The molecule has 3 saturated carbocycles. The van der Waals surface area contributed by atoms with Crippen molar-refractivity contribution in [3.8, 4) is 0 Å². The number of likely N-dealkylation sites (tertiary alicyclic amines) is 2. The van der Waals surface area contributed by atoms with Gasteiger partial charge in [0.2, 0.25) is 11.8 Å².